The Bertz CT molecular complexity index is 1000. The molecule has 3 aromatic rings. The third-order valence-corrected chi connectivity index (χ3v) is 5.03. The van der Waals surface area contributed by atoms with Crippen molar-refractivity contribution < 1.29 is 9.59 Å². The summed E-state index contributed by atoms with van der Waals surface area (Å²) in [6.45, 7) is 1.87. The molecule has 148 valence electrons. The van der Waals surface area contributed by atoms with Crippen molar-refractivity contribution in [1.29, 1.82) is 0 Å². The second-order valence-electron chi connectivity index (χ2n) is 7.18. The van der Waals surface area contributed by atoms with E-state index in [0.29, 0.717) is 17.8 Å². The molecule has 2 heterocycles. The summed E-state index contributed by atoms with van der Waals surface area (Å²) in [6, 6.07) is 17.0. The molecule has 29 heavy (non-hydrogen) atoms. The van der Waals surface area contributed by atoms with Gasteiger partial charge < -0.3 is 10.6 Å². The first kappa shape index (κ1) is 19.0. The summed E-state index contributed by atoms with van der Waals surface area (Å²) in [5, 5.41) is 5.95. The van der Waals surface area contributed by atoms with E-state index in [1.54, 1.807) is 0 Å². The summed E-state index contributed by atoms with van der Waals surface area (Å²) >= 11 is 0. The van der Waals surface area contributed by atoms with E-state index < -0.39 is 0 Å². The molecule has 0 atom stereocenters. The first-order valence-corrected chi connectivity index (χ1v) is 9.77. The third-order valence-electron chi connectivity index (χ3n) is 5.03. The standard InChI is InChI=1S/C22H23N5O2/c28-21(24-16-6-2-1-3-7-16)15-27-12-10-17(11-13-27)25-22(29)20-14-23-18-8-4-5-9-19(18)26-20/h1-9,14,17H,10-13,15H2,(H,24,28)(H,25,29). The normalized spacial score (nSPS) is 15.2. The average Bonchev–Trinajstić information content (AvgIpc) is 2.75. The van der Waals surface area contributed by atoms with Gasteiger partial charge in [0.25, 0.3) is 5.91 Å². The van der Waals surface area contributed by atoms with Crippen LogP contribution in [0.25, 0.3) is 11.0 Å². The molecular weight excluding hydrogens is 366 g/mol. The highest BCUT2D eigenvalue weighted by Crippen LogP contribution is 2.13. The summed E-state index contributed by atoms with van der Waals surface area (Å²) in [5.74, 6) is -0.228. The van der Waals surface area contributed by atoms with Crippen molar-refractivity contribution in [2.24, 2.45) is 0 Å². The van der Waals surface area contributed by atoms with Gasteiger partial charge in [-0.05, 0) is 37.1 Å². The number of carbonyl (C=O) groups is 2. The molecule has 7 heteroatoms. The van der Waals surface area contributed by atoms with Gasteiger partial charge in [0.1, 0.15) is 5.69 Å². The van der Waals surface area contributed by atoms with Gasteiger partial charge in [0.05, 0.1) is 23.8 Å². The van der Waals surface area contributed by atoms with E-state index in [1.807, 2.05) is 54.6 Å². The van der Waals surface area contributed by atoms with Gasteiger partial charge in [0.2, 0.25) is 5.91 Å². The largest absolute Gasteiger partial charge is 0.348 e. The number of likely N-dealkylation sites (tertiary alicyclic amines) is 1. The van der Waals surface area contributed by atoms with Crippen LogP contribution >= 0.6 is 0 Å². The Hall–Kier alpha value is -3.32. The number of rotatable bonds is 5. The van der Waals surface area contributed by atoms with Crippen LogP contribution in [0, 0.1) is 0 Å². The number of benzene rings is 2. The lowest BCUT2D eigenvalue weighted by molar-refractivity contribution is -0.117. The van der Waals surface area contributed by atoms with Crippen molar-refractivity contribution in [1.82, 2.24) is 20.2 Å². The number of amides is 2. The predicted molar refractivity (Wildman–Crippen MR) is 112 cm³/mol. The molecule has 1 fully saturated rings. The number of para-hydroxylation sites is 3. The third kappa shape index (κ3) is 4.94. The number of nitrogens with one attached hydrogen (secondary N) is 2. The van der Waals surface area contributed by atoms with Gasteiger partial charge in [-0.25, -0.2) is 4.98 Å². The van der Waals surface area contributed by atoms with Crippen LogP contribution in [0.15, 0.2) is 60.8 Å². The lowest BCUT2D eigenvalue weighted by Crippen LogP contribution is -2.46. The predicted octanol–water partition coefficient (Wildman–Crippen LogP) is 2.46. The molecule has 0 radical (unpaired) electrons. The maximum atomic E-state index is 12.5. The monoisotopic (exact) mass is 389 g/mol. The minimum atomic E-state index is -0.205. The molecule has 2 N–H and O–H groups in total. The van der Waals surface area contributed by atoms with E-state index in [0.717, 1.165) is 37.1 Å². The zero-order chi connectivity index (χ0) is 20.1. The molecule has 2 aromatic carbocycles. The Labute approximate surface area is 169 Å². The number of fused-ring (bicyclic) bond motifs is 1. The highest BCUT2D eigenvalue weighted by molar-refractivity contribution is 5.94. The number of nitrogens with zero attached hydrogens (tertiary/aromatic N) is 3. The molecule has 0 spiro atoms. The maximum Gasteiger partial charge on any atom is 0.271 e. The highest BCUT2D eigenvalue weighted by Gasteiger charge is 2.23. The van der Waals surface area contributed by atoms with Gasteiger partial charge in [0.15, 0.2) is 0 Å². The Morgan fingerprint density at radius 1 is 0.966 bits per heavy atom. The Morgan fingerprint density at radius 3 is 2.41 bits per heavy atom. The van der Waals surface area contributed by atoms with Gasteiger partial charge in [-0.1, -0.05) is 30.3 Å². The molecule has 2 amide bonds. The minimum Gasteiger partial charge on any atom is -0.348 e. The quantitative estimate of drug-likeness (QED) is 0.700. The van der Waals surface area contributed by atoms with Gasteiger partial charge >= 0.3 is 0 Å². The van der Waals surface area contributed by atoms with Crippen LogP contribution in [0.5, 0.6) is 0 Å². The second-order valence-corrected chi connectivity index (χ2v) is 7.18. The van der Waals surface area contributed by atoms with Crippen LogP contribution in [-0.4, -0.2) is 52.4 Å². The van der Waals surface area contributed by atoms with Crippen LogP contribution in [0.2, 0.25) is 0 Å². The second kappa shape index (κ2) is 8.79. The van der Waals surface area contributed by atoms with E-state index in [2.05, 4.69) is 25.5 Å². The highest BCUT2D eigenvalue weighted by atomic mass is 16.2. The van der Waals surface area contributed by atoms with E-state index in [4.69, 9.17) is 0 Å². The van der Waals surface area contributed by atoms with E-state index >= 15 is 0 Å². The molecule has 0 bridgehead atoms. The summed E-state index contributed by atoms with van der Waals surface area (Å²) in [5.41, 5.74) is 2.61. The number of aromatic nitrogens is 2. The Kier molecular flexibility index (Phi) is 5.76. The zero-order valence-corrected chi connectivity index (χ0v) is 16.0. The number of hydrogen-bond donors (Lipinski definition) is 2. The topological polar surface area (TPSA) is 87.2 Å². The molecule has 4 rings (SSSR count). The van der Waals surface area contributed by atoms with Crippen LogP contribution < -0.4 is 10.6 Å². The molecular formula is C22H23N5O2. The SMILES string of the molecule is O=C(CN1CCC(NC(=O)c2cnc3ccccc3n2)CC1)Nc1ccccc1. The fourth-order valence-electron chi connectivity index (χ4n) is 3.49. The average molecular weight is 389 g/mol. The Balaban J connectivity index is 1.26. The fraction of sp³-hybridized carbons (Fsp3) is 0.273. The van der Waals surface area contributed by atoms with Crippen molar-refractivity contribution in [2.45, 2.75) is 18.9 Å². The van der Waals surface area contributed by atoms with Crippen LogP contribution in [0.4, 0.5) is 5.69 Å². The van der Waals surface area contributed by atoms with Gasteiger partial charge in [-0.3, -0.25) is 19.5 Å². The lowest BCUT2D eigenvalue weighted by atomic mass is 10.0. The van der Waals surface area contributed by atoms with Crippen molar-refractivity contribution >= 4 is 28.5 Å². The summed E-state index contributed by atoms with van der Waals surface area (Å²) in [7, 11) is 0. The van der Waals surface area contributed by atoms with Gasteiger partial charge in [-0.15, -0.1) is 0 Å². The summed E-state index contributed by atoms with van der Waals surface area (Å²) < 4.78 is 0. The smallest absolute Gasteiger partial charge is 0.271 e. The van der Waals surface area contributed by atoms with Crippen LogP contribution in [-0.2, 0) is 4.79 Å². The first-order chi connectivity index (χ1) is 14.2. The molecule has 0 aliphatic carbocycles. The van der Waals surface area contributed by atoms with Crippen LogP contribution in [0.3, 0.4) is 0 Å². The fourth-order valence-corrected chi connectivity index (χ4v) is 3.49. The van der Waals surface area contributed by atoms with E-state index in [-0.39, 0.29) is 17.9 Å². The number of carbonyl (C=O) groups excluding carboxylic acids is 2. The van der Waals surface area contributed by atoms with Gasteiger partial charge in [-0.2, -0.15) is 0 Å². The molecule has 1 aliphatic heterocycles. The van der Waals surface area contributed by atoms with Crippen molar-refractivity contribution in [2.75, 3.05) is 25.0 Å². The molecule has 1 aromatic heterocycles. The molecule has 1 saturated heterocycles. The number of anilines is 1. The van der Waals surface area contributed by atoms with Crippen molar-refractivity contribution in [3.8, 4) is 0 Å². The number of hydrogen-bond acceptors (Lipinski definition) is 5. The van der Waals surface area contributed by atoms with Gasteiger partial charge in [0, 0.05) is 24.8 Å². The summed E-state index contributed by atoms with van der Waals surface area (Å²) in [6.07, 6.45) is 3.11. The molecule has 7 nitrogen and oxygen atoms in total. The van der Waals surface area contributed by atoms with E-state index in [9.17, 15) is 9.59 Å². The van der Waals surface area contributed by atoms with Crippen molar-refractivity contribution in [3.05, 3.63) is 66.5 Å². The Morgan fingerprint density at radius 2 is 1.66 bits per heavy atom. The maximum absolute atomic E-state index is 12.5. The van der Waals surface area contributed by atoms with Crippen molar-refractivity contribution in [3.63, 3.8) is 0 Å². The van der Waals surface area contributed by atoms with Crippen LogP contribution in [0.1, 0.15) is 23.3 Å². The first-order valence-electron chi connectivity index (χ1n) is 9.77. The zero-order valence-electron chi connectivity index (χ0n) is 16.0. The minimum absolute atomic E-state index is 0.0230. The van der Waals surface area contributed by atoms with E-state index in [1.165, 1.54) is 6.20 Å². The molecule has 0 saturated carbocycles. The molecule has 0 unspecified atom stereocenters. The summed E-state index contributed by atoms with van der Waals surface area (Å²) in [4.78, 5) is 35.5. The molecule has 1 aliphatic rings. The lowest BCUT2D eigenvalue weighted by Gasteiger charge is -2.31. The number of piperidine rings is 1.